The fourth-order valence-corrected chi connectivity index (χ4v) is 4.11. The van der Waals surface area contributed by atoms with E-state index in [-0.39, 0.29) is 24.7 Å². The van der Waals surface area contributed by atoms with Crippen LogP contribution in [0.5, 0.6) is 0 Å². The van der Waals surface area contributed by atoms with Gasteiger partial charge in [-0.05, 0) is 19.1 Å². The molecule has 2 fully saturated rings. The van der Waals surface area contributed by atoms with Gasteiger partial charge in [-0.2, -0.15) is 0 Å². The number of nitrogens with two attached hydrogens (primary N) is 1. The Morgan fingerprint density at radius 3 is 2.58 bits per heavy atom. The van der Waals surface area contributed by atoms with Crippen molar-refractivity contribution in [3.8, 4) is 0 Å². The van der Waals surface area contributed by atoms with E-state index in [2.05, 4.69) is 4.72 Å². The minimum Gasteiger partial charge on any atom is -0.371 e. The van der Waals surface area contributed by atoms with Crippen molar-refractivity contribution in [3.63, 3.8) is 0 Å². The highest BCUT2D eigenvalue weighted by molar-refractivity contribution is 7.89. The second kappa shape index (κ2) is 6.77. The Morgan fingerprint density at radius 1 is 1.25 bits per heavy atom. The molecule has 24 heavy (non-hydrogen) atoms. The minimum absolute atomic E-state index is 0.177. The van der Waals surface area contributed by atoms with Gasteiger partial charge < -0.3 is 19.9 Å². The predicted molar refractivity (Wildman–Crippen MR) is 83.7 cm³/mol. The molecule has 3 rings (SSSR count). The summed E-state index contributed by atoms with van der Waals surface area (Å²) in [6.45, 7) is 2.07. The first-order valence-electron chi connectivity index (χ1n) is 7.59. The molecule has 8 nitrogen and oxygen atoms in total. The molecule has 0 spiro atoms. The van der Waals surface area contributed by atoms with E-state index >= 15 is 0 Å². The van der Waals surface area contributed by atoms with Gasteiger partial charge in [0.15, 0.2) is 0 Å². The van der Waals surface area contributed by atoms with Crippen LogP contribution in [0.25, 0.3) is 0 Å². The van der Waals surface area contributed by atoms with Crippen molar-refractivity contribution in [2.24, 2.45) is 5.73 Å². The number of sulfonamides is 1. The van der Waals surface area contributed by atoms with Gasteiger partial charge >= 0.3 is 0 Å². The monoisotopic (exact) mass is 356 g/mol. The second-order valence-electron chi connectivity index (χ2n) is 5.95. The van der Waals surface area contributed by atoms with E-state index in [0.717, 1.165) is 5.56 Å². The van der Waals surface area contributed by atoms with Gasteiger partial charge in [-0.15, -0.1) is 0 Å². The molecule has 0 saturated carbocycles. The number of benzene rings is 1. The number of carbonyl (C=O) groups excluding carboxylic acids is 1. The number of rotatable bonds is 6. The van der Waals surface area contributed by atoms with Crippen LogP contribution in [-0.2, 0) is 29.0 Å². The standard InChI is InChI=1S/C15H20N2O6S/c1-9-2-4-10(5-3-9)24(19,20)17-11-6-22-15-12(7-23-14(11)15)21-8-13(16)18/h2-5,11-12,14-15,17H,6-8H2,1H3,(H2,16,18)/t11-,12-,14-,15+/m1/s1. The fourth-order valence-electron chi connectivity index (χ4n) is 2.88. The molecule has 2 heterocycles. The topological polar surface area (TPSA) is 117 Å². The summed E-state index contributed by atoms with van der Waals surface area (Å²) in [6.07, 6.45) is -1.31. The molecule has 4 atom stereocenters. The third-order valence-corrected chi connectivity index (χ3v) is 5.59. The van der Waals surface area contributed by atoms with Gasteiger partial charge in [0, 0.05) is 0 Å². The molecule has 1 aromatic carbocycles. The van der Waals surface area contributed by atoms with Crippen LogP contribution < -0.4 is 10.5 Å². The molecule has 0 aromatic heterocycles. The van der Waals surface area contributed by atoms with Crippen LogP contribution in [0, 0.1) is 6.92 Å². The number of primary amides is 1. The molecule has 132 valence electrons. The van der Waals surface area contributed by atoms with Gasteiger partial charge in [-0.3, -0.25) is 4.79 Å². The van der Waals surface area contributed by atoms with Crippen molar-refractivity contribution in [2.75, 3.05) is 19.8 Å². The summed E-state index contributed by atoms with van der Waals surface area (Å²) in [4.78, 5) is 11.0. The smallest absolute Gasteiger partial charge is 0.243 e. The highest BCUT2D eigenvalue weighted by Crippen LogP contribution is 2.29. The van der Waals surface area contributed by atoms with Crippen LogP contribution in [-0.4, -0.2) is 58.5 Å². The maximum atomic E-state index is 12.5. The Labute approximate surface area is 140 Å². The molecule has 9 heteroatoms. The summed E-state index contributed by atoms with van der Waals surface area (Å²) in [5.74, 6) is -0.576. The number of carbonyl (C=O) groups is 1. The molecule has 3 N–H and O–H groups in total. The first kappa shape index (κ1) is 17.3. The summed E-state index contributed by atoms with van der Waals surface area (Å²) >= 11 is 0. The molecular weight excluding hydrogens is 336 g/mol. The van der Waals surface area contributed by atoms with Crippen molar-refractivity contribution >= 4 is 15.9 Å². The van der Waals surface area contributed by atoms with E-state index in [1.807, 2.05) is 6.92 Å². The lowest BCUT2D eigenvalue weighted by molar-refractivity contribution is -0.126. The van der Waals surface area contributed by atoms with Gasteiger partial charge in [-0.25, -0.2) is 13.1 Å². The van der Waals surface area contributed by atoms with Crippen molar-refractivity contribution in [2.45, 2.75) is 36.2 Å². The van der Waals surface area contributed by atoms with Gasteiger partial charge in [0.05, 0.1) is 24.2 Å². The molecule has 0 radical (unpaired) electrons. The number of hydrogen-bond acceptors (Lipinski definition) is 6. The summed E-state index contributed by atoms with van der Waals surface area (Å²) in [6, 6.07) is 6.08. The number of nitrogens with one attached hydrogen (secondary N) is 1. The van der Waals surface area contributed by atoms with E-state index in [1.165, 1.54) is 0 Å². The number of fused-ring (bicyclic) bond motifs is 1. The summed E-state index contributed by atoms with van der Waals surface area (Å²) in [5, 5.41) is 0. The Morgan fingerprint density at radius 2 is 1.92 bits per heavy atom. The number of amides is 1. The highest BCUT2D eigenvalue weighted by atomic mass is 32.2. The normalized spacial score (nSPS) is 29.5. The minimum atomic E-state index is -3.67. The van der Waals surface area contributed by atoms with Crippen LogP contribution in [0.1, 0.15) is 5.56 Å². The molecule has 2 saturated heterocycles. The third kappa shape index (κ3) is 3.60. The Kier molecular flexibility index (Phi) is 4.88. The van der Waals surface area contributed by atoms with Gasteiger partial charge in [-0.1, -0.05) is 17.7 Å². The van der Waals surface area contributed by atoms with Crippen LogP contribution in [0.3, 0.4) is 0 Å². The maximum Gasteiger partial charge on any atom is 0.243 e. The van der Waals surface area contributed by atoms with E-state index in [4.69, 9.17) is 19.9 Å². The van der Waals surface area contributed by atoms with Gasteiger partial charge in [0.2, 0.25) is 15.9 Å². The van der Waals surface area contributed by atoms with Crippen molar-refractivity contribution in [1.29, 1.82) is 0 Å². The average Bonchev–Trinajstić information content (AvgIpc) is 3.08. The highest BCUT2D eigenvalue weighted by Gasteiger charge is 2.49. The van der Waals surface area contributed by atoms with E-state index in [0.29, 0.717) is 0 Å². The largest absolute Gasteiger partial charge is 0.371 e. The van der Waals surface area contributed by atoms with Crippen LogP contribution in [0.4, 0.5) is 0 Å². The fraction of sp³-hybridized carbons (Fsp3) is 0.533. The van der Waals surface area contributed by atoms with Crippen LogP contribution in [0.2, 0.25) is 0 Å². The molecule has 1 amide bonds. The lowest BCUT2D eigenvalue weighted by Gasteiger charge is -2.18. The lowest BCUT2D eigenvalue weighted by atomic mass is 10.1. The first-order chi connectivity index (χ1) is 11.4. The van der Waals surface area contributed by atoms with Gasteiger partial charge in [0.25, 0.3) is 0 Å². The van der Waals surface area contributed by atoms with Gasteiger partial charge in [0.1, 0.15) is 24.9 Å². The molecule has 2 aliphatic heterocycles. The van der Waals surface area contributed by atoms with Crippen LogP contribution >= 0.6 is 0 Å². The zero-order valence-electron chi connectivity index (χ0n) is 13.2. The maximum absolute atomic E-state index is 12.5. The molecule has 1 aromatic rings. The zero-order valence-corrected chi connectivity index (χ0v) is 14.0. The first-order valence-corrected chi connectivity index (χ1v) is 9.07. The average molecular weight is 356 g/mol. The van der Waals surface area contributed by atoms with Crippen molar-refractivity contribution < 1.29 is 27.4 Å². The molecule has 0 bridgehead atoms. The molecule has 2 aliphatic rings. The summed E-state index contributed by atoms with van der Waals surface area (Å²) < 4.78 is 44.1. The molecule has 0 unspecified atom stereocenters. The summed E-state index contributed by atoms with van der Waals surface area (Å²) in [5.41, 5.74) is 6.03. The van der Waals surface area contributed by atoms with E-state index in [9.17, 15) is 13.2 Å². The third-order valence-electron chi connectivity index (χ3n) is 4.09. The quantitative estimate of drug-likeness (QED) is 0.697. The van der Waals surface area contributed by atoms with Crippen molar-refractivity contribution in [3.05, 3.63) is 29.8 Å². The van der Waals surface area contributed by atoms with E-state index < -0.39 is 40.3 Å². The SMILES string of the molecule is Cc1ccc(S(=O)(=O)N[C@@H]2CO[C@@H]3[C@@H]2OC[C@H]3OCC(N)=O)cc1. The zero-order chi connectivity index (χ0) is 17.3. The second-order valence-corrected chi connectivity index (χ2v) is 7.67. The number of aryl methyl sites for hydroxylation is 1. The Balaban J connectivity index is 1.65. The number of ether oxygens (including phenoxy) is 3. The predicted octanol–water partition coefficient (Wildman–Crippen LogP) is -0.690. The lowest BCUT2D eigenvalue weighted by Crippen LogP contribution is -2.44. The molecular formula is C15H20N2O6S. The molecule has 0 aliphatic carbocycles. The van der Waals surface area contributed by atoms with Crippen LogP contribution in [0.15, 0.2) is 29.2 Å². The van der Waals surface area contributed by atoms with E-state index in [1.54, 1.807) is 24.3 Å². The Hall–Kier alpha value is -1.52. The Bertz CT molecular complexity index is 705. The number of hydrogen-bond donors (Lipinski definition) is 2. The van der Waals surface area contributed by atoms with Crippen molar-refractivity contribution in [1.82, 2.24) is 4.72 Å². The summed E-state index contributed by atoms with van der Waals surface area (Å²) in [7, 11) is -3.67.